The lowest BCUT2D eigenvalue weighted by molar-refractivity contribution is -0.384. The summed E-state index contributed by atoms with van der Waals surface area (Å²) in [5, 5.41) is 15.0. The van der Waals surface area contributed by atoms with Crippen molar-refractivity contribution in [2.75, 3.05) is 0 Å². The van der Waals surface area contributed by atoms with Gasteiger partial charge in [-0.2, -0.15) is 5.10 Å². The second-order valence-electron chi connectivity index (χ2n) is 5.77. The number of hydrogen-bond donors (Lipinski definition) is 1. The van der Waals surface area contributed by atoms with Crippen molar-refractivity contribution in [3.8, 4) is 0 Å². The van der Waals surface area contributed by atoms with Gasteiger partial charge in [-0.3, -0.25) is 14.9 Å². The Morgan fingerprint density at radius 1 is 1.12 bits per heavy atom. The number of hydrogen-bond acceptors (Lipinski definition) is 4. The molecule has 24 heavy (non-hydrogen) atoms. The van der Waals surface area contributed by atoms with Crippen LogP contribution >= 0.6 is 0 Å². The van der Waals surface area contributed by atoms with E-state index in [0.717, 1.165) is 11.3 Å². The number of carbonyl (C=O) groups is 1. The zero-order valence-electron chi connectivity index (χ0n) is 13.6. The van der Waals surface area contributed by atoms with Crippen molar-refractivity contribution < 1.29 is 9.72 Å². The van der Waals surface area contributed by atoms with Crippen LogP contribution in [0, 0.1) is 16.0 Å². The molecule has 0 saturated carbocycles. The first-order valence-corrected chi connectivity index (χ1v) is 7.64. The van der Waals surface area contributed by atoms with Crippen LogP contribution in [0.4, 0.5) is 5.69 Å². The van der Waals surface area contributed by atoms with Crippen LogP contribution in [-0.4, -0.2) is 16.5 Å². The molecule has 1 amide bonds. The van der Waals surface area contributed by atoms with E-state index in [1.54, 1.807) is 0 Å². The van der Waals surface area contributed by atoms with E-state index in [1.165, 1.54) is 24.3 Å². The van der Waals surface area contributed by atoms with E-state index in [1.807, 2.05) is 30.3 Å². The molecule has 0 aliphatic rings. The molecule has 1 N–H and O–H groups in total. The fourth-order valence-electron chi connectivity index (χ4n) is 2.19. The fourth-order valence-corrected chi connectivity index (χ4v) is 2.19. The Kier molecular flexibility index (Phi) is 5.78. The van der Waals surface area contributed by atoms with Gasteiger partial charge in [-0.1, -0.05) is 50.2 Å². The number of nitrogens with zero attached hydrogens (tertiary/aromatic N) is 2. The normalized spacial score (nSPS) is 11.4. The largest absolute Gasteiger partial charge is 0.271 e. The highest BCUT2D eigenvalue weighted by Crippen LogP contribution is 2.13. The molecule has 2 aromatic carbocycles. The van der Waals surface area contributed by atoms with Crippen LogP contribution in [-0.2, 0) is 0 Å². The SMILES string of the molecule is CC(C)CC(=NNC(=O)c1cccc([N+](=O)[O-])c1)c1ccccc1. The third-order valence-electron chi connectivity index (χ3n) is 3.32. The molecule has 6 heteroatoms. The van der Waals surface area contributed by atoms with Crippen LogP contribution in [0.25, 0.3) is 0 Å². The minimum atomic E-state index is -0.534. The minimum Gasteiger partial charge on any atom is -0.267 e. The summed E-state index contributed by atoms with van der Waals surface area (Å²) in [6.07, 6.45) is 0.708. The van der Waals surface area contributed by atoms with Crippen molar-refractivity contribution in [3.63, 3.8) is 0 Å². The first-order valence-electron chi connectivity index (χ1n) is 7.64. The molecule has 0 fully saturated rings. The monoisotopic (exact) mass is 325 g/mol. The number of non-ortho nitro benzene ring substituents is 1. The van der Waals surface area contributed by atoms with E-state index in [9.17, 15) is 14.9 Å². The Morgan fingerprint density at radius 2 is 1.79 bits per heavy atom. The maximum absolute atomic E-state index is 12.2. The van der Waals surface area contributed by atoms with Gasteiger partial charge in [0.15, 0.2) is 0 Å². The van der Waals surface area contributed by atoms with E-state index in [4.69, 9.17) is 0 Å². The average molecular weight is 325 g/mol. The third-order valence-corrected chi connectivity index (χ3v) is 3.32. The quantitative estimate of drug-likeness (QED) is 0.498. The molecule has 0 aliphatic heterocycles. The predicted octanol–water partition coefficient (Wildman–Crippen LogP) is 3.78. The Morgan fingerprint density at radius 3 is 2.42 bits per heavy atom. The highest BCUT2D eigenvalue weighted by Gasteiger charge is 2.12. The van der Waals surface area contributed by atoms with Crippen LogP contribution in [0.1, 0.15) is 36.2 Å². The van der Waals surface area contributed by atoms with E-state index in [0.29, 0.717) is 12.3 Å². The zero-order valence-corrected chi connectivity index (χ0v) is 13.6. The van der Waals surface area contributed by atoms with Crippen LogP contribution < -0.4 is 5.43 Å². The Bertz CT molecular complexity index is 755. The van der Waals surface area contributed by atoms with E-state index >= 15 is 0 Å². The van der Waals surface area contributed by atoms with E-state index in [-0.39, 0.29) is 11.3 Å². The minimum absolute atomic E-state index is 0.128. The first kappa shape index (κ1) is 17.3. The maximum atomic E-state index is 12.2. The Balaban J connectivity index is 2.20. The lowest BCUT2D eigenvalue weighted by Crippen LogP contribution is -2.21. The van der Waals surface area contributed by atoms with Gasteiger partial charge in [0, 0.05) is 17.7 Å². The maximum Gasteiger partial charge on any atom is 0.271 e. The van der Waals surface area contributed by atoms with E-state index in [2.05, 4.69) is 24.4 Å². The Labute approximate surface area is 140 Å². The summed E-state index contributed by atoms with van der Waals surface area (Å²) in [5.41, 5.74) is 4.27. The number of nitro benzene ring substituents is 1. The lowest BCUT2D eigenvalue weighted by Gasteiger charge is -2.10. The van der Waals surface area contributed by atoms with Crippen LogP contribution in [0.2, 0.25) is 0 Å². The number of nitro groups is 1. The summed E-state index contributed by atoms with van der Waals surface area (Å²) in [5.74, 6) is -0.102. The van der Waals surface area contributed by atoms with Crippen LogP contribution in [0.3, 0.4) is 0 Å². The van der Waals surface area contributed by atoms with Gasteiger partial charge in [-0.25, -0.2) is 5.43 Å². The molecule has 0 radical (unpaired) electrons. The Hall–Kier alpha value is -3.02. The highest BCUT2D eigenvalue weighted by atomic mass is 16.6. The number of carbonyl (C=O) groups excluding carboxylic acids is 1. The number of benzene rings is 2. The van der Waals surface area contributed by atoms with Gasteiger partial charge < -0.3 is 0 Å². The molecular weight excluding hydrogens is 306 g/mol. The van der Waals surface area contributed by atoms with Crippen molar-refractivity contribution in [2.24, 2.45) is 11.0 Å². The molecule has 2 aromatic rings. The van der Waals surface area contributed by atoms with Gasteiger partial charge in [0.1, 0.15) is 0 Å². The van der Waals surface area contributed by atoms with Gasteiger partial charge in [0.25, 0.3) is 11.6 Å². The topological polar surface area (TPSA) is 84.6 Å². The van der Waals surface area contributed by atoms with Crippen molar-refractivity contribution in [1.82, 2.24) is 5.43 Å². The summed E-state index contributed by atoms with van der Waals surface area (Å²) < 4.78 is 0. The molecule has 0 atom stereocenters. The summed E-state index contributed by atoms with van der Waals surface area (Å²) in [6, 6.07) is 15.2. The summed E-state index contributed by atoms with van der Waals surface area (Å²) in [7, 11) is 0. The molecule has 0 aliphatic carbocycles. The molecule has 6 nitrogen and oxygen atoms in total. The highest BCUT2D eigenvalue weighted by molar-refractivity contribution is 6.02. The lowest BCUT2D eigenvalue weighted by atomic mass is 10.0. The molecule has 0 spiro atoms. The van der Waals surface area contributed by atoms with Crippen molar-refractivity contribution in [2.45, 2.75) is 20.3 Å². The number of amides is 1. The standard InChI is InChI=1S/C18H19N3O3/c1-13(2)11-17(14-7-4-3-5-8-14)19-20-18(22)15-9-6-10-16(12-15)21(23)24/h3-10,12-13H,11H2,1-2H3,(H,20,22). The van der Waals surface area contributed by atoms with Crippen LogP contribution in [0.5, 0.6) is 0 Å². The number of rotatable bonds is 6. The molecule has 124 valence electrons. The van der Waals surface area contributed by atoms with Gasteiger partial charge in [0.2, 0.25) is 0 Å². The molecule has 0 saturated heterocycles. The second-order valence-corrected chi connectivity index (χ2v) is 5.77. The number of nitrogens with one attached hydrogen (secondary N) is 1. The second kappa shape index (κ2) is 8.01. The molecule has 0 heterocycles. The molecule has 0 unspecified atom stereocenters. The molecule has 2 rings (SSSR count). The number of hydrazone groups is 1. The predicted molar refractivity (Wildman–Crippen MR) is 93.0 cm³/mol. The van der Waals surface area contributed by atoms with Gasteiger partial charge in [0.05, 0.1) is 10.6 Å². The third kappa shape index (κ3) is 4.74. The summed E-state index contributed by atoms with van der Waals surface area (Å²) in [6.45, 7) is 4.14. The molecule has 0 bridgehead atoms. The molecule has 0 aromatic heterocycles. The van der Waals surface area contributed by atoms with Gasteiger partial charge in [-0.15, -0.1) is 0 Å². The van der Waals surface area contributed by atoms with Crippen LogP contribution in [0.15, 0.2) is 59.7 Å². The summed E-state index contributed by atoms with van der Waals surface area (Å²) in [4.78, 5) is 22.5. The van der Waals surface area contributed by atoms with Gasteiger partial charge >= 0.3 is 0 Å². The van der Waals surface area contributed by atoms with Gasteiger partial charge in [-0.05, 0) is 24.0 Å². The van der Waals surface area contributed by atoms with Crippen molar-refractivity contribution in [1.29, 1.82) is 0 Å². The average Bonchev–Trinajstić information content (AvgIpc) is 2.58. The van der Waals surface area contributed by atoms with Crippen molar-refractivity contribution in [3.05, 3.63) is 75.8 Å². The van der Waals surface area contributed by atoms with Crippen molar-refractivity contribution >= 4 is 17.3 Å². The summed E-state index contributed by atoms with van der Waals surface area (Å²) >= 11 is 0. The molecular formula is C18H19N3O3. The van der Waals surface area contributed by atoms with E-state index < -0.39 is 10.8 Å². The smallest absolute Gasteiger partial charge is 0.267 e. The fraction of sp³-hybridized carbons (Fsp3) is 0.222. The first-order chi connectivity index (χ1) is 11.5. The zero-order chi connectivity index (χ0) is 17.5.